The third kappa shape index (κ3) is 3.65. The summed E-state index contributed by atoms with van der Waals surface area (Å²) in [5.41, 5.74) is 2.12. The quantitative estimate of drug-likeness (QED) is 0.476. The molecule has 2 nitrogen and oxygen atoms in total. The second kappa shape index (κ2) is 8.26. The molecule has 3 aromatic carbocycles. The molecule has 0 aliphatic carbocycles. The van der Waals surface area contributed by atoms with E-state index in [-0.39, 0.29) is 11.1 Å². The fourth-order valence-corrected chi connectivity index (χ4v) is 4.13. The third-order valence-corrected chi connectivity index (χ3v) is 6.14. The molecule has 1 atom stereocenters. The fraction of sp³-hybridized carbons (Fsp3) is 0.296. The number of nitrogens with zero attached hydrogens (tertiary/aromatic N) is 1. The van der Waals surface area contributed by atoms with Crippen molar-refractivity contribution in [3.8, 4) is 0 Å². The van der Waals surface area contributed by atoms with Gasteiger partial charge in [0.05, 0.1) is 4.11 Å². The van der Waals surface area contributed by atoms with Gasteiger partial charge in [-0.3, -0.25) is 4.79 Å². The molecule has 0 radical (unpaired) electrons. The molecular formula is C27H29F2NO. The van der Waals surface area contributed by atoms with Gasteiger partial charge in [-0.15, -0.1) is 0 Å². The first-order valence-corrected chi connectivity index (χ1v) is 10.1. The van der Waals surface area contributed by atoms with E-state index < -0.39 is 41.1 Å². The van der Waals surface area contributed by atoms with Crippen LogP contribution in [0.2, 0.25) is 0 Å². The van der Waals surface area contributed by atoms with Crippen molar-refractivity contribution in [1.82, 2.24) is 4.90 Å². The molecule has 0 bridgehead atoms. The van der Waals surface area contributed by atoms with Gasteiger partial charge in [0.2, 0.25) is 5.91 Å². The first-order chi connectivity index (χ1) is 15.8. The highest BCUT2D eigenvalue weighted by Crippen LogP contribution is 2.45. The Balaban J connectivity index is 2.72. The molecule has 0 heterocycles. The highest BCUT2D eigenvalue weighted by molar-refractivity contribution is 5.97. The van der Waals surface area contributed by atoms with E-state index in [9.17, 15) is 13.6 Å². The van der Waals surface area contributed by atoms with Crippen molar-refractivity contribution < 1.29 is 17.7 Å². The largest absolute Gasteiger partial charge is 0.347 e. The van der Waals surface area contributed by atoms with E-state index in [0.717, 1.165) is 11.1 Å². The highest BCUT2D eigenvalue weighted by Gasteiger charge is 2.47. The van der Waals surface area contributed by atoms with Crippen molar-refractivity contribution in [3.63, 3.8) is 0 Å². The molecule has 4 heteroatoms. The zero-order chi connectivity index (χ0) is 25.7. The molecule has 3 aromatic rings. The summed E-state index contributed by atoms with van der Waals surface area (Å²) in [6, 6.07) is 6.52. The normalized spacial score (nSPS) is 14.4. The summed E-state index contributed by atoms with van der Waals surface area (Å²) in [7, 11) is 3.16. The van der Waals surface area contributed by atoms with Crippen LogP contribution in [0.4, 0.5) is 8.78 Å². The second-order valence-electron chi connectivity index (χ2n) is 8.28. The van der Waals surface area contributed by atoms with Crippen LogP contribution in [-0.4, -0.2) is 24.9 Å². The summed E-state index contributed by atoms with van der Waals surface area (Å²) in [6.45, 7) is 8.65. The Kier molecular flexibility index (Phi) is 4.99. The van der Waals surface area contributed by atoms with Gasteiger partial charge in [0.1, 0.15) is 17.0 Å². The topological polar surface area (TPSA) is 20.3 Å². The van der Waals surface area contributed by atoms with Crippen molar-refractivity contribution in [3.05, 3.63) is 105 Å². The Hall–Kier alpha value is -3.01. The first-order valence-electron chi connectivity index (χ1n) is 11.6. The summed E-state index contributed by atoms with van der Waals surface area (Å²) < 4.78 is 54.5. The maximum atomic E-state index is 14.7. The number of carbonyl (C=O) groups is 1. The van der Waals surface area contributed by atoms with Crippen LogP contribution in [-0.2, 0) is 10.2 Å². The van der Waals surface area contributed by atoms with Crippen LogP contribution >= 0.6 is 0 Å². The molecule has 0 saturated heterocycles. The van der Waals surface area contributed by atoms with Gasteiger partial charge in [-0.1, -0.05) is 30.3 Å². The van der Waals surface area contributed by atoms with E-state index in [4.69, 9.17) is 4.11 Å². The number of hydrogen-bond acceptors (Lipinski definition) is 1. The molecule has 0 N–H and O–H groups in total. The first kappa shape index (κ1) is 18.7. The summed E-state index contributed by atoms with van der Waals surface area (Å²) in [4.78, 5) is 15.6. The predicted octanol–water partition coefficient (Wildman–Crippen LogP) is 5.93. The summed E-state index contributed by atoms with van der Waals surface area (Å²) >= 11 is 0. The van der Waals surface area contributed by atoms with Crippen molar-refractivity contribution in [2.75, 3.05) is 14.1 Å². The molecular weight excluding hydrogens is 392 g/mol. The number of rotatable bonds is 4. The van der Waals surface area contributed by atoms with Gasteiger partial charge in [0, 0.05) is 14.1 Å². The third-order valence-electron chi connectivity index (χ3n) is 6.14. The molecule has 162 valence electrons. The number of benzene rings is 3. The number of halogens is 2. The van der Waals surface area contributed by atoms with E-state index >= 15 is 0 Å². The van der Waals surface area contributed by atoms with E-state index in [1.807, 2.05) is 26.0 Å². The molecule has 0 spiro atoms. The molecule has 0 aliphatic rings. The maximum absolute atomic E-state index is 14.7. The fourth-order valence-electron chi connectivity index (χ4n) is 4.13. The van der Waals surface area contributed by atoms with Gasteiger partial charge < -0.3 is 4.90 Å². The Bertz CT molecular complexity index is 1290. The standard InChI is InChI=1S/C27H29F2NO/c1-16-8-9-21(14-17(16)2)27(26(31)30(6)7,23-11-10-22(28)15-18(23)3)24-12-13-25(29)20(5)19(24)4/h8-15H,1-7H3/i10D,11D,15D. The Morgan fingerprint density at radius 1 is 0.871 bits per heavy atom. The van der Waals surface area contributed by atoms with Crippen LogP contribution in [0.5, 0.6) is 0 Å². The van der Waals surface area contributed by atoms with Gasteiger partial charge in [-0.25, -0.2) is 8.78 Å². The van der Waals surface area contributed by atoms with Gasteiger partial charge in [-0.2, -0.15) is 0 Å². The minimum absolute atomic E-state index is 0.0555. The van der Waals surface area contributed by atoms with Crippen LogP contribution in [0.3, 0.4) is 0 Å². The molecule has 0 aliphatic heterocycles. The lowest BCUT2D eigenvalue weighted by Gasteiger charge is -2.39. The Labute approximate surface area is 187 Å². The smallest absolute Gasteiger partial charge is 0.241 e. The molecule has 31 heavy (non-hydrogen) atoms. The lowest BCUT2D eigenvalue weighted by Crippen LogP contribution is -2.47. The number of hydrogen-bond donors (Lipinski definition) is 0. The van der Waals surface area contributed by atoms with E-state index in [1.165, 1.54) is 24.0 Å². The number of amides is 1. The molecule has 1 unspecified atom stereocenters. The molecule has 0 saturated carbocycles. The van der Waals surface area contributed by atoms with Crippen molar-refractivity contribution in [2.45, 2.75) is 40.0 Å². The van der Waals surface area contributed by atoms with Crippen molar-refractivity contribution in [1.29, 1.82) is 0 Å². The van der Waals surface area contributed by atoms with Crippen LogP contribution in [0, 0.1) is 46.3 Å². The maximum Gasteiger partial charge on any atom is 0.241 e. The lowest BCUT2D eigenvalue weighted by atomic mass is 9.65. The van der Waals surface area contributed by atoms with Crippen LogP contribution in [0.1, 0.15) is 48.6 Å². The van der Waals surface area contributed by atoms with E-state index in [0.29, 0.717) is 22.3 Å². The van der Waals surface area contributed by atoms with Crippen LogP contribution in [0.25, 0.3) is 0 Å². The summed E-state index contributed by atoms with van der Waals surface area (Å²) in [6.07, 6.45) is 0. The van der Waals surface area contributed by atoms with Crippen molar-refractivity contribution >= 4 is 5.91 Å². The van der Waals surface area contributed by atoms with E-state index in [1.54, 1.807) is 34.0 Å². The van der Waals surface area contributed by atoms with Crippen molar-refractivity contribution in [2.24, 2.45) is 0 Å². The number of carbonyl (C=O) groups excluding carboxylic acids is 1. The SMILES string of the molecule is [2H]c1c([2H])c(C(C(=O)N(C)C)(c2ccc(C)c(C)c2)c2ccc(F)c(C)c2C)c(C)c([2H])c1F. The molecule has 0 aromatic heterocycles. The molecule has 1 amide bonds. The average Bonchev–Trinajstić information content (AvgIpc) is 2.79. The predicted molar refractivity (Wildman–Crippen MR) is 122 cm³/mol. The molecule has 3 rings (SSSR count). The Morgan fingerprint density at radius 3 is 2.16 bits per heavy atom. The van der Waals surface area contributed by atoms with E-state index in [2.05, 4.69) is 0 Å². The summed E-state index contributed by atoms with van der Waals surface area (Å²) in [5.74, 6) is -1.98. The average molecular weight is 425 g/mol. The van der Waals surface area contributed by atoms with Crippen LogP contribution in [0.15, 0.2) is 48.5 Å². The Morgan fingerprint density at radius 2 is 1.55 bits per heavy atom. The number of aryl methyl sites for hydroxylation is 2. The van der Waals surface area contributed by atoms with Gasteiger partial charge >= 0.3 is 0 Å². The number of likely N-dealkylation sites (N-methyl/N-ethyl adjacent to an activating group) is 1. The molecule has 0 fully saturated rings. The zero-order valence-electron chi connectivity index (χ0n) is 22.0. The van der Waals surface area contributed by atoms with Crippen LogP contribution < -0.4 is 0 Å². The lowest BCUT2D eigenvalue weighted by molar-refractivity contribution is -0.132. The second-order valence-corrected chi connectivity index (χ2v) is 8.28. The highest BCUT2D eigenvalue weighted by atomic mass is 19.1. The monoisotopic (exact) mass is 424 g/mol. The summed E-state index contributed by atoms with van der Waals surface area (Å²) in [5, 5.41) is 0. The van der Waals surface area contributed by atoms with Gasteiger partial charge in [0.25, 0.3) is 0 Å². The van der Waals surface area contributed by atoms with Gasteiger partial charge in [-0.05, 0) is 97.3 Å². The zero-order valence-corrected chi connectivity index (χ0v) is 19.0. The minimum atomic E-state index is -1.70. The minimum Gasteiger partial charge on any atom is -0.347 e. The van der Waals surface area contributed by atoms with Gasteiger partial charge in [0.15, 0.2) is 0 Å².